The number of imide groups is 1. The minimum absolute atomic E-state index is 0.117. The third-order valence-corrected chi connectivity index (χ3v) is 4.75. The van der Waals surface area contributed by atoms with Crippen LogP contribution in [0, 0.1) is 5.92 Å². The third-order valence-electron chi connectivity index (χ3n) is 4.50. The summed E-state index contributed by atoms with van der Waals surface area (Å²) in [4.78, 5) is 44.2. The Balaban J connectivity index is 1.73. The Morgan fingerprint density at radius 3 is 2.52 bits per heavy atom. The molecule has 0 aliphatic carbocycles. The zero-order valence-electron chi connectivity index (χ0n) is 14.1. The minimum atomic E-state index is -1.06. The number of fused-ring (bicyclic) bond motifs is 1. The van der Waals surface area contributed by atoms with Crippen LogP contribution < -0.4 is 4.90 Å². The van der Waals surface area contributed by atoms with Crippen molar-refractivity contribution in [2.45, 2.75) is 6.10 Å². The lowest BCUT2D eigenvalue weighted by Gasteiger charge is -2.18. The van der Waals surface area contributed by atoms with E-state index in [0.717, 1.165) is 4.90 Å². The predicted octanol–water partition coefficient (Wildman–Crippen LogP) is 2.42. The first kappa shape index (κ1) is 17.2. The maximum Gasteiger partial charge on any atom is 0.339 e. The molecule has 0 saturated carbocycles. The van der Waals surface area contributed by atoms with E-state index in [1.54, 1.807) is 36.4 Å². The van der Waals surface area contributed by atoms with Crippen LogP contribution in [-0.4, -0.2) is 36.7 Å². The first-order valence-electron chi connectivity index (χ1n) is 8.07. The standard InChI is InChI=1S/C19H13ClN2O5/c1-26-19(25)12-4-2-3-5-13(12)22-17(23)14-15(21-27-16(14)18(22)24)10-6-8-11(20)9-7-10/h2-9,14,16H,1H3/t14-,16+/m1/s1. The third kappa shape index (κ3) is 2.67. The molecule has 0 unspecified atom stereocenters. The van der Waals surface area contributed by atoms with E-state index in [2.05, 4.69) is 5.16 Å². The second kappa shape index (κ2) is 6.51. The van der Waals surface area contributed by atoms with Gasteiger partial charge in [0.1, 0.15) is 11.6 Å². The second-order valence-corrected chi connectivity index (χ2v) is 6.44. The monoisotopic (exact) mass is 384 g/mol. The first-order chi connectivity index (χ1) is 13.0. The number of esters is 1. The van der Waals surface area contributed by atoms with Crippen molar-refractivity contribution in [2.24, 2.45) is 11.1 Å². The van der Waals surface area contributed by atoms with Crippen molar-refractivity contribution in [1.82, 2.24) is 0 Å². The van der Waals surface area contributed by atoms with E-state index in [1.165, 1.54) is 19.2 Å². The average molecular weight is 385 g/mol. The van der Waals surface area contributed by atoms with Gasteiger partial charge < -0.3 is 9.57 Å². The summed E-state index contributed by atoms with van der Waals surface area (Å²) in [5, 5.41) is 4.48. The number of nitrogens with zero attached hydrogens (tertiary/aromatic N) is 2. The molecule has 1 saturated heterocycles. The van der Waals surface area contributed by atoms with Crippen LogP contribution in [0.25, 0.3) is 0 Å². The van der Waals surface area contributed by atoms with Crippen molar-refractivity contribution in [3.8, 4) is 0 Å². The summed E-state index contributed by atoms with van der Waals surface area (Å²) >= 11 is 5.90. The quantitative estimate of drug-likeness (QED) is 0.599. The summed E-state index contributed by atoms with van der Waals surface area (Å²) in [5.41, 5.74) is 1.27. The Labute approximate surface area is 159 Å². The number of hydrogen-bond acceptors (Lipinski definition) is 6. The number of rotatable bonds is 3. The van der Waals surface area contributed by atoms with E-state index in [0.29, 0.717) is 16.3 Å². The molecule has 2 aromatic carbocycles. The summed E-state index contributed by atoms with van der Waals surface area (Å²) in [7, 11) is 1.23. The highest BCUT2D eigenvalue weighted by Crippen LogP contribution is 2.36. The van der Waals surface area contributed by atoms with Crippen molar-refractivity contribution < 1.29 is 24.0 Å². The van der Waals surface area contributed by atoms with E-state index < -0.39 is 29.8 Å². The van der Waals surface area contributed by atoms with Gasteiger partial charge in [-0.25, -0.2) is 9.69 Å². The zero-order chi connectivity index (χ0) is 19.1. The summed E-state index contributed by atoms with van der Waals surface area (Å²) < 4.78 is 4.75. The van der Waals surface area contributed by atoms with Crippen LogP contribution in [0.3, 0.4) is 0 Å². The summed E-state index contributed by atoms with van der Waals surface area (Å²) in [6.07, 6.45) is -1.06. The molecule has 2 heterocycles. The fourth-order valence-corrected chi connectivity index (χ4v) is 3.35. The van der Waals surface area contributed by atoms with Crippen molar-refractivity contribution in [3.63, 3.8) is 0 Å². The largest absolute Gasteiger partial charge is 0.465 e. The maximum atomic E-state index is 13.1. The number of amides is 2. The van der Waals surface area contributed by atoms with E-state index in [1.807, 2.05) is 0 Å². The van der Waals surface area contributed by atoms with E-state index in [4.69, 9.17) is 21.2 Å². The lowest BCUT2D eigenvalue weighted by atomic mass is 9.94. The number of halogens is 1. The molecule has 4 rings (SSSR count). The number of carbonyl (C=O) groups is 3. The van der Waals surface area contributed by atoms with Crippen LogP contribution in [-0.2, 0) is 19.2 Å². The van der Waals surface area contributed by atoms with Gasteiger partial charge in [0.15, 0.2) is 0 Å². The number of hydrogen-bond donors (Lipinski definition) is 0. The Hall–Kier alpha value is -3.19. The normalized spacial score (nSPS) is 21.0. The first-order valence-corrected chi connectivity index (χ1v) is 8.45. The SMILES string of the molecule is COC(=O)c1ccccc1N1C(=O)[C@@H]2C(c3ccc(Cl)cc3)=NO[C@@H]2C1=O. The zero-order valence-corrected chi connectivity index (χ0v) is 14.8. The molecule has 0 bridgehead atoms. The van der Waals surface area contributed by atoms with Gasteiger partial charge in [0.2, 0.25) is 12.0 Å². The van der Waals surface area contributed by atoms with E-state index >= 15 is 0 Å². The van der Waals surface area contributed by atoms with E-state index in [-0.39, 0.29) is 11.3 Å². The molecule has 7 nitrogen and oxygen atoms in total. The second-order valence-electron chi connectivity index (χ2n) is 6.01. The number of anilines is 1. The Morgan fingerprint density at radius 2 is 1.81 bits per heavy atom. The topological polar surface area (TPSA) is 85.3 Å². The molecule has 2 aromatic rings. The molecule has 0 N–H and O–H groups in total. The Bertz CT molecular complexity index is 986. The lowest BCUT2D eigenvalue weighted by Crippen LogP contribution is -2.34. The van der Waals surface area contributed by atoms with Gasteiger partial charge in [0, 0.05) is 10.6 Å². The van der Waals surface area contributed by atoms with Gasteiger partial charge in [0.25, 0.3) is 5.91 Å². The fraction of sp³-hybridized carbons (Fsp3) is 0.158. The van der Waals surface area contributed by atoms with Gasteiger partial charge in [-0.15, -0.1) is 0 Å². The molecule has 136 valence electrons. The molecule has 0 aromatic heterocycles. The van der Waals surface area contributed by atoms with Crippen molar-refractivity contribution >= 4 is 40.8 Å². The van der Waals surface area contributed by atoms with Crippen LogP contribution in [0.4, 0.5) is 5.69 Å². The molecule has 2 atom stereocenters. The van der Waals surface area contributed by atoms with Gasteiger partial charge in [0.05, 0.1) is 18.4 Å². The molecule has 0 spiro atoms. The van der Waals surface area contributed by atoms with Crippen molar-refractivity contribution in [1.29, 1.82) is 0 Å². The minimum Gasteiger partial charge on any atom is -0.465 e. The molecule has 1 fully saturated rings. The molecule has 0 radical (unpaired) electrons. The smallest absolute Gasteiger partial charge is 0.339 e. The molecule has 8 heteroatoms. The molecular weight excluding hydrogens is 372 g/mol. The molecule has 2 aliphatic heterocycles. The number of para-hydroxylation sites is 1. The van der Waals surface area contributed by atoms with Crippen molar-refractivity contribution in [2.75, 3.05) is 12.0 Å². The maximum absolute atomic E-state index is 13.1. The molecule has 2 amide bonds. The van der Waals surface area contributed by atoms with Crippen LogP contribution in [0.15, 0.2) is 53.7 Å². The predicted molar refractivity (Wildman–Crippen MR) is 96.6 cm³/mol. The van der Waals surface area contributed by atoms with Gasteiger partial charge in [-0.1, -0.05) is 41.0 Å². The highest BCUT2D eigenvalue weighted by atomic mass is 35.5. The molecule has 2 aliphatic rings. The summed E-state index contributed by atoms with van der Waals surface area (Å²) in [6, 6.07) is 13.0. The van der Waals surface area contributed by atoms with Crippen molar-refractivity contribution in [3.05, 3.63) is 64.7 Å². The van der Waals surface area contributed by atoms with Crippen LogP contribution in [0.2, 0.25) is 5.02 Å². The van der Waals surface area contributed by atoms with Crippen LogP contribution in [0.1, 0.15) is 15.9 Å². The van der Waals surface area contributed by atoms with Gasteiger partial charge in [-0.2, -0.15) is 0 Å². The number of oxime groups is 1. The van der Waals surface area contributed by atoms with E-state index in [9.17, 15) is 14.4 Å². The number of benzene rings is 2. The highest BCUT2D eigenvalue weighted by molar-refractivity contribution is 6.33. The van der Waals surface area contributed by atoms with Crippen LogP contribution in [0.5, 0.6) is 0 Å². The summed E-state index contributed by atoms with van der Waals surface area (Å²) in [6.45, 7) is 0. The highest BCUT2D eigenvalue weighted by Gasteiger charge is 2.56. The van der Waals surface area contributed by atoms with Crippen LogP contribution >= 0.6 is 11.6 Å². The lowest BCUT2D eigenvalue weighted by molar-refractivity contribution is -0.126. The van der Waals surface area contributed by atoms with Gasteiger partial charge in [-0.3, -0.25) is 9.59 Å². The number of ether oxygens (including phenoxy) is 1. The molecule has 27 heavy (non-hydrogen) atoms. The Morgan fingerprint density at radius 1 is 1.11 bits per heavy atom. The average Bonchev–Trinajstić information content (AvgIpc) is 3.22. The number of methoxy groups -OCH3 is 1. The van der Waals surface area contributed by atoms with Gasteiger partial charge >= 0.3 is 5.97 Å². The fourth-order valence-electron chi connectivity index (χ4n) is 3.23. The molecular formula is C19H13ClN2O5. The van der Waals surface area contributed by atoms with Gasteiger partial charge in [-0.05, 0) is 24.3 Å². The number of carbonyl (C=O) groups excluding carboxylic acids is 3. The Kier molecular flexibility index (Phi) is 4.16. The summed E-state index contributed by atoms with van der Waals surface area (Å²) in [5.74, 6) is -2.61.